The van der Waals surface area contributed by atoms with E-state index in [1.54, 1.807) is 4.90 Å². The Morgan fingerprint density at radius 1 is 1.17 bits per heavy atom. The van der Waals surface area contributed by atoms with Crippen LogP contribution in [0.4, 0.5) is 14.9 Å². The summed E-state index contributed by atoms with van der Waals surface area (Å²) >= 11 is 1.23. The molecule has 1 aliphatic rings. The number of carbonyl (C=O) groups excluding carboxylic acids is 2. The van der Waals surface area contributed by atoms with E-state index in [2.05, 4.69) is 20.4 Å². The molecule has 1 aromatic heterocycles. The van der Waals surface area contributed by atoms with Crippen molar-refractivity contribution in [1.82, 2.24) is 20.0 Å². The fourth-order valence-corrected chi connectivity index (χ4v) is 3.74. The Bertz CT molecular complexity index is 858. The van der Waals surface area contributed by atoms with Crippen LogP contribution in [0, 0.1) is 11.7 Å². The third kappa shape index (κ3) is 6.46. The molecule has 30 heavy (non-hydrogen) atoms. The van der Waals surface area contributed by atoms with Gasteiger partial charge in [0.1, 0.15) is 10.8 Å². The molecule has 0 bridgehead atoms. The lowest BCUT2D eigenvalue weighted by molar-refractivity contribution is 0.0929. The van der Waals surface area contributed by atoms with Crippen LogP contribution in [0.25, 0.3) is 0 Å². The summed E-state index contributed by atoms with van der Waals surface area (Å²) in [7, 11) is 0. The second-order valence-electron chi connectivity index (χ2n) is 7.55. The van der Waals surface area contributed by atoms with E-state index >= 15 is 0 Å². The van der Waals surface area contributed by atoms with Gasteiger partial charge in [-0.3, -0.25) is 9.69 Å². The maximum absolute atomic E-state index is 13.0. The van der Waals surface area contributed by atoms with Crippen molar-refractivity contribution in [3.63, 3.8) is 0 Å². The maximum atomic E-state index is 13.0. The van der Waals surface area contributed by atoms with Crippen LogP contribution in [0.15, 0.2) is 24.3 Å². The molecule has 0 unspecified atom stereocenters. The lowest BCUT2D eigenvalue weighted by Gasteiger charge is -2.21. The second kappa shape index (κ2) is 10.4. The molecule has 1 aliphatic heterocycles. The van der Waals surface area contributed by atoms with Crippen molar-refractivity contribution in [2.45, 2.75) is 26.8 Å². The monoisotopic (exact) mass is 435 g/mol. The van der Waals surface area contributed by atoms with E-state index in [1.165, 1.54) is 35.6 Å². The summed E-state index contributed by atoms with van der Waals surface area (Å²) in [5.74, 6) is -0.431. The molecule has 0 radical (unpaired) electrons. The largest absolute Gasteiger partial charge is 0.449 e. The van der Waals surface area contributed by atoms with Crippen LogP contribution >= 0.6 is 11.3 Å². The first-order valence-corrected chi connectivity index (χ1v) is 10.8. The molecule has 1 aromatic carbocycles. The number of nitrogens with zero attached hydrogens (tertiary/aromatic N) is 4. The first kappa shape index (κ1) is 22.1. The van der Waals surface area contributed by atoms with Crippen LogP contribution in [0.3, 0.4) is 0 Å². The first-order valence-electron chi connectivity index (χ1n) is 9.94. The van der Waals surface area contributed by atoms with Crippen LogP contribution in [-0.4, -0.2) is 64.8 Å². The number of rotatable bonds is 6. The van der Waals surface area contributed by atoms with E-state index in [0.717, 1.165) is 18.0 Å². The number of amides is 2. The van der Waals surface area contributed by atoms with Gasteiger partial charge >= 0.3 is 6.09 Å². The zero-order valence-electron chi connectivity index (χ0n) is 17.1. The van der Waals surface area contributed by atoms with Gasteiger partial charge in [0.2, 0.25) is 5.01 Å². The zero-order chi connectivity index (χ0) is 21.5. The molecule has 8 nitrogen and oxygen atoms in total. The smallest absolute Gasteiger partial charge is 0.409 e. The van der Waals surface area contributed by atoms with Gasteiger partial charge in [-0.25, -0.2) is 9.18 Å². The lowest BCUT2D eigenvalue weighted by Crippen LogP contribution is -2.36. The zero-order valence-corrected chi connectivity index (χ0v) is 18.0. The molecular formula is C20H26FN5O3S. The van der Waals surface area contributed by atoms with E-state index in [1.807, 2.05) is 13.8 Å². The van der Waals surface area contributed by atoms with Crippen LogP contribution < -0.4 is 5.32 Å². The number of aromatic nitrogens is 2. The summed E-state index contributed by atoms with van der Waals surface area (Å²) in [6, 6.07) is 5.54. The Hall–Kier alpha value is -2.59. The van der Waals surface area contributed by atoms with Crippen LogP contribution in [0.1, 0.15) is 35.1 Å². The first-order chi connectivity index (χ1) is 14.4. The van der Waals surface area contributed by atoms with Crippen molar-refractivity contribution in [2.75, 3.05) is 38.1 Å². The van der Waals surface area contributed by atoms with E-state index in [4.69, 9.17) is 4.74 Å². The number of benzene rings is 1. The summed E-state index contributed by atoms with van der Waals surface area (Å²) in [5, 5.41) is 11.8. The molecule has 2 amide bonds. The number of carbonyl (C=O) groups is 2. The van der Waals surface area contributed by atoms with Crippen molar-refractivity contribution in [3.05, 3.63) is 40.1 Å². The lowest BCUT2D eigenvalue weighted by atomic mass is 10.2. The van der Waals surface area contributed by atoms with Gasteiger partial charge in [-0.15, -0.1) is 10.2 Å². The van der Waals surface area contributed by atoms with Crippen molar-refractivity contribution in [3.8, 4) is 0 Å². The minimum atomic E-state index is -0.375. The van der Waals surface area contributed by atoms with E-state index in [-0.39, 0.29) is 22.8 Å². The van der Waals surface area contributed by atoms with E-state index in [0.29, 0.717) is 44.4 Å². The summed E-state index contributed by atoms with van der Waals surface area (Å²) in [6.45, 7) is 7.78. The molecular weight excluding hydrogens is 409 g/mol. The topological polar surface area (TPSA) is 87.7 Å². The third-order valence-electron chi connectivity index (χ3n) is 4.51. The van der Waals surface area contributed by atoms with Gasteiger partial charge in [0.05, 0.1) is 13.2 Å². The fraction of sp³-hybridized carbons (Fsp3) is 0.500. The highest BCUT2D eigenvalue weighted by molar-refractivity contribution is 7.13. The molecule has 1 saturated heterocycles. The molecule has 0 atom stereocenters. The summed E-state index contributed by atoms with van der Waals surface area (Å²) < 4.78 is 18.3. The average Bonchev–Trinajstić information content (AvgIpc) is 3.06. The number of hydrogen-bond donors (Lipinski definition) is 1. The highest BCUT2D eigenvalue weighted by Crippen LogP contribution is 2.16. The number of anilines is 1. The standard InChI is InChI=1S/C20H26FN5O3S/c1-14(2)13-29-20(28)26-9-3-8-25(10-11-26)12-17-23-24-19(30-17)18(27)22-16-6-4-15(21)5-7-16/h4-7,14H,3,8-13H2,1-2H3,(H,22,27). The molecule has 10 heteroatoms. The Kier molecular flexibility index (Phi) is 7.69. The Morgan fingerprint density at radius 3 is 2.67 bits per heavy atom. The normalized spacial score (nSPS) is 15.1. The second-order valence-corrected chi connectivity index (χ2v) is 8.61. The minimum absolute atomic E-state index is 0.253. The molecule has 0 aliphatic carbocycles. The van der Waals surface area contributed by atoms with Gasteiger partial charge in [0, 0.05) is 31.9 Å². The maximum Gasteiger partial charge on any atom is 0.409 e. The number of ether oxygens (including phenoxy) is 1. The highest BCUT2D eigenvalue weighted by atomic mass is 32.1. The van der Waals surface area contributed by atoms with Gasteiger partial charge in [0.25, 0.3) is 5.91 Å². The minimum Gasteiger partial charge on any atom is -0.449 e. The van der Waals surface area contributed by atoms with Gasteiger partial charge in [0.15, 0.2) is 0 Å². The van der Waals surface area contributed by atoms with Crippen molar-refractivity contribution in [1.29, 1.82) is 0 Å². The van der Waals surface area contributed by atoms with Crippen LogP contribution in [-0.2, 0) is 11.3 Å². The molecule has 0 saturated carbocycles. The quantitative estimate of drug-likeness (QED) is 0.750. The van der Waals surface area contributed by atoms with E-state index in [9.17, 15) is 14.0 Å². The SMILES string of the molecule is CC(C)COC(=O)N1CCCN(Cc2nnc(C(=O)Nc3ccc(F)cc3)s2)CC1. The molecule has 2 aromatic rings. The van der Waals surface area contributed by atoms with Crippen LogP contribution in [0.2, 0.25) is 0 Å². The third-order valence-corrected chi connectivity index (χ3v) is 5.42. The Labute approximate surface area is 179 Å². The van der Waals surface area contributed by atoms with Crippen molar-refractivity contribution >= 4 is 29.0 Å². The molecule has 1 N–H and O–H groups in total. The fourth-order valence-electron chi connectivity index (χ4n) is 2.96. The summed E-state index contributed by atoms with van der Waals surface area (Å²) in [6.07, 6.45) is 0.578. The number of hydrogen-bond acceptors (Lipinski definition) is 7. The Morgan fingerprint density at radius 2 is 1.93 bits per heavy atom. The molecule has 0 spiro atoms. The summed E-state index contributed by atoms with van der Waals surface area (Å²) in [5.41, 5.74) is 0.495. The van der Waals surface area contributed by atoms with Crippen LogP contribution in [0.5, 0.6) is 0 Å². The van der Waals surface area contributed by atoms with Crippen molar-refractivity contribution < 1.29 is 18.7 Å². The Balaban J connectivity index is 1.50. The van der Waals surface area contributed by atoms with E-state index < -0.39 is 0 Å². The van der Waals surface area contributed by atoms with Crippen molar-refractivity contribution in [2.24, 2.45) is 5.92 Å². The number of nitrogens with one attached hydrogen (secondary N) is 1. The molecule has 162 valence electrons. The molecule has 3 rings (SSSR count). The predicted octanol–water partition coefficient (Wildman–Crippen LogP) is 3.23. The summed E-state index contributed by atoms with van der Waals surface area (Å²) in [4.78, 5) is 28.4. The van der Waals surface area contributed by atoms with Gasteiger partial charge in [-0.1, -0.05) is 25.2 Å². The van der Waals surface area contributed by atoms with Gasteiger partial charge in [-0.05, 0) is 36.6 Å². The van der Waals surface area contributed by atoms with Gasteiger partial charge in [-0.2, -0.15) is 0 Å². The molecule has 1 fully saturated rings. The van der Waals surface area contributed by atoms with Gasteiger partial charge < -0.3 is 15.0 Å². The molecule has 2 heterocycles. The number of halogens is 1. The predicted molar refractivity (Wildman–Crippen MR) is 112 cm³/mol. The average molecular weight is 436 g/mol. The highest BCUT2D eigenvalue weighted by Gasteiger charge is 2.22.